The molecule has 0 bridgehead atoms. The first-order chi connectivity index (χ1) is 6.85. The number of hydrogen-bond donors (Lipinski definition) is 1. The van der Waals surface area contributed by atoms with Gasteiger partial charge in [0.15, 0.2) is 0 Å². The summed E-state index contributed by atoms with van der Waals surface area (Å²) in [7, 11) is 0. The fraction of sp³-hybridized carbons (Fsp3) is 0.333. The molecule has 0 atom stereocenters. The molecule has 0 saturated heterocycles. The summed E-state index contributed by atoms with van der Waals surface area (Å²) in [5, 5.41) is 0. The highest BCUT2D eigenvalue weighted by molar-refractivity contribution is 5.73. The molecule has 1 aromatic carbocycles. The molecule has 0 aromatic heterocycles. The maximum absolute atomic E-state index is 5.69. The smallest absolute Gasteiger partial charge is 0.127 e. The third-order valence-corrected chi connectivity index (χ3v) is 2.59. The van der Waals surface area contributed by atoms with E-state index in [9.17, 15) is 0 Å². The molecule has 2 heteroatoms. The number of rotatable bonds is 2. The molecule has 0 radical (unpaired) electrons. The molecule has 74 valence electrons. The van der Waals surface area contributed by atoms with Gasteiger partial charge in [0.1, 0.15) is 12.4 Å². The van der Waals surface area contributed by atoms with Crippen LogP contribution in [0.4, 0.5) is 0 Å². The molecule has 0 spiro atoms. The molecule has 2 nitrogen and oxygen atoms in total. The fourth-order valence-electron chi connectivity index (χ4n) is 1.71. The van der Waals surface area contributed by atoms with Gasteiger partial charge < -0.3 is 10.5 Å². The van der Waals surface area contributed by atoms with E-state index in [-0.39, 0.29) is 0 Å². The summed E-state index contributed by atoms with van der Waals surface area (Å²) in [6.45, 7) is 3.38. The summed E-state index contributed by atoms with van der Waals surface area (Å²) in [5.41, 5.74) is 9.37. The van der Waals surface area contributed by atoms with Crippen LogP contribution >= 0.6 is 0 Å². The summed E-state index contributed by atoms with van der Waals surface area (Å²) in [6.07, 6.45) is 3.10. The average Bonchev–Trinajstić information content (AvgIpc) is 2.27. The van der Waals surface area contributed by atoms with E-state index in [4.69, 9.17) is 10.5 Å². The highest BCUT2D eigenvalue weighted by atomic mass is 16.5. The quantitative estimate of drug-likeness (QED) is 0.772. The molecule has 2 rings (SSSR count). The number of aryl methyl sites for hydroxylation is 1. The molecule has 14 heavy (non-hydrogen) atoms. The van der Waals surface area contributed by atoms with Crippen LogP contribution in [0.1, 0.15) is 18.1 Å². The fourth-order valence-corrected chi connectivity index (χ4v) is 1.71. The monoisotopic (exact) mass is 189 g/mol. The van der Waals surface area contributed by atoms with Gasteiger partial charge in [0.05, 0.1) is 0 Å². The van der Waals surface area contributed by atoms with Crippen molar-refractivity contribution in [1.82, 2.24) is 0 Å². The number of fused-ring (bicyclic) bond motifs is 1. The lowest BCUT2D eigenvalue weighted by atomic mass is 9.99. The van der Waals surface area contributed by atoms with Crippen LogP contribution in [-0.2, 0) is 6.42 Å². The van der Waals surface area contributed by atoms with Gasteiger partial charge in [-0.15, -0.1) is 0 Å². The van der Waals surface area contributed by atoms with Gasteiger partial charge in [-0.05, 0) is 35.8 Å². The summed E-state index contributed by atoms with van der Waals surface area (Å²) >= 11 is 0. The van der Waals surface area contributed by atoms with E-state index in [2.05, 4.69) is 25.1 Å². The Kier molecular flexibility index (Phi) is 2.55. The first-order valence-electron chi connectivity index (χ1n) is 5.00. The SMILES string of the molecule is CCc1ccc2c(c1)C(CN)=CCO2. The second-order valence-corrected chi connectivity index (χ2v) is 3.43. The molecule has 0 saturated carbocycles. The van der Waals surface area contributed by atoms with Crippen LogP contribution in [0.2, 0.25) is 0 Å². The van der Waals surface area contributed by atoms with Crippen molar-refractivity contribution in [2.45, 2.75) is 13.3 Å². The molecule has 1 aliphatic heterocycles. The zero-order valence-corrected chi connectivity index (χ0v) is 8.42. The van der Waals surface area contributed by atoms with Crippen LogP contribution in [0.5, 0.6) is 5.75 Å². The van der Waals surface area contributed by atoms with Crippen LogP contribution in [0.25, 0.3) is 5.57 Å². The number of hydrogen-bond acceptors (Lipinski definition) is 2. The van der Waals surface area contributed by atoms with Crippen LogP contribution in [-0.4, -0.2) is 13.2 Å². The van der Waals surface area contributed by atoms with Crippen molar-refractivity contribution in [1.29, 1.82) is 0 Å². The van der Waals surface area contributed by atoms with Gasteiger partial charge >= 0.3 is 0 Å². The third-order valence-electron chi connectivity index (χ3n) is 2.59. The Hall–Kier alpha value is -1.28. The van der Waals surface area contributed by atoms with Crippen LogP contribution in [0.3, 0.4) is 0 Å². The topological polar surface area (TPSA) is 35.2 Å². The Morgan fingerprint density at radius 3 is 3.00 bits per heavy atom. The van der Waals surface area contributed by atoms with E-state index in [1.165, 1.54) is 11.1 Å². The van der Waals surface area contributed by atoms with Crippen molar-refractivity contribution < 1.29 is 4.74 Å². The van der Waals surface area contributed by atoms with E-state index in [1.807, 2.05) is 6.07 Å². The molecular formula is C12H15NO. The van der Waals surface area contributed by atoms with Crippen molar-refractivity contribution in [3.8, 4) is 5.75 Å². The predicted molar refractivity (Wildman–Crippen MR) is 58.3 cm³/mol. The molecule has 1 aromatic rings. The van der Waals surface area contributed by atoms with Crippen molar-refractivity contribution in [2.75, 3.05) is 13.2 Å². The molecule has 0 unspecified atom stereocenters. The molecule has 1 aliphatic rings. The van der Waals surface area contributed by atoms with Gasteiger partial charge in [-0.2, -0.15) is 0 Å². The zero-order chi connectivity index (χ0) is 9.97. The highest BCUT2D eigenvalue weighted by Gasteiger charge is 2.12. The summed E-state index contributed by atoms with van der Waals surface area (Å²) in [4.78, 5) is 0. The largest absolute Gasteiger partial charge is 0.489 e. The van der Waals surface area contributed by atoms with Gasteiger partial charge in [0.2, 0.25) is 0 Å². The first kappa shape index (κ1) is 9.28. The van der Waals surface area contributed by atoms with E-state index in [1.54, 1.807) is 0 Å². The van der Waals surface area contributed by atoms with Gasteiger partial charge in [-0.1, -0.05) is 13.0 Å². The number of benzene rings is 1. The van der Waals surface area contributed by atoms with Gasteiger partial charge in [-0.3, -0.25) is 0 Å². The Balaban J connectivity index is 2.46. The zero-order valence-electron chi connectivity index (χ0n) is 8.42. The minimum atomic E-state index is 0.587. The second-order valence-electron chi connectivity index (χ2n) is 3.43. The first-order valence-corrected chi connectivity index (χ1v) is 5.00. The Morgan fingerprint density at radius 1 is 1.43 bits per heavy atom. The van der Waals surface area contributed by atoms with Crippen molar-refractivity contribution >= 4 is 5.57 Å². The molecule has 0 amide bonds. The highest BCUT2D eigenvalue weighted by Crippen LogP contribution is 2.30. The molecule has 0 aliphatic carbocycles. The van der Waals surface area contributed by atoms with E-state index >= 15 is 0 Å². The Bertz CT molecular complexity index is 369. The predicted octanol–water partition coefficient (Wildman–Crippen LogP) is 1.98. The van der Waals surface area contributed by atoms with E-state index < -0.39 is 0 Å². The lowest BCUT2D eigenvalue weighted by Gasteiger charge is -2.18. The van der Waals surface area contributed by atoms with Gasteiger partial charge in [0, 0.05) is 12.1 Å². The minimum Gasteiger partial charge on any atom is -0.489 e. The van der Waals surface area contributed by atoms with Crippen LogP contribution < -0.4 is 10.5 Å². The summed E-state index contributed by atoms with van der Waals surface area (Å²) in [5.74, 6) is 0.963. The number of nitrogens with two attached hydrogens (primary N) is 1. The average molecular weight is 189 g/mol. The lowest BCUT2D eigenvalue weighted by Crippen LogP contribution is -2.11. The van der Waals surface area contributed by atoms with Gasteiger partial charge in [-0.25, -0.2) is 0 Å². The van der Waals surface area contributed by atoms with Crippen molar-refractivity contribution in [3.05, 3.63) is 35.4 Å². The normalized spacial score (nSPS) is 14.3. The van der Waals surface area contributed by atoms with Crippen molar-refractivity contribution in [3.63, 3.8) is 0 Å². The Labute approximate surface area is 84.4 Å². The lowest BCUT2D eigenvalue weighted by molar-refractivity contribution is 0.357. The minimum absolute atomic E-state index is 0.587. The number of ether oxygens (including phenoxy) is 1. The molecule has 0 fully saturated rings. The summed E-state index contributed by atoms with van der Waals surface area (Å²) < 4.78 is 5.52. The van der Waals surface area contributed by atoms with E-state index in [0.717, 1.165) is 17.7 Å². The van der Waals surface area contributed by atoms with Gasteiger partial charge in [0.25, 0.3) is 0 Å². The molecular weight excluding hydrogens is 174 g/mol. The standard InChI is InChI=1S/C12H15NO/c1-2-9-3-4-12-11(7-9)10(8-13)5-6-14-12/h3-5,7H,2,6,8,13H2,1H3. The molecule has 2 N–H and O–H groups in total. The van der Waals surface area contributed by atoms with Crippen LogP contribution in [0, 0.1) is 0 Å². The summed E-state index contributed by atoms with van der Waals surface area (Å²) in [6, 6.07) is 6.32. The van der Waals surface area contributed by atoms with Crippen molar-refractivity contribution in [2.24, 2.45) is 5.73 Å². The van der Waals surface area contributed by atoms with Crippen LogP contribution in [0.15, 0.2) is 24.3 Å². The second kappa shape index (κ2) is 3.84. The van der Waals surface area contributed by atoms with E-state index in [0.29, 0.717) is 13.2 Å². The maximum atomic E-state index is 5.69. The maximum Gasteiger partial charge on any atom is 0.127 e. The molecule has 1 heterocycles. The Morgan fingerprint density at radius 2 is 2.29 bits per heavy atom. The third kappa shape index (κ3) is 1.53.